The van der Waals surface area contributed by atoms with Crippen LogP contribution in [0.3, 0.4) is 0 Å². The van der Waals surface area contributed by atoms with Crippen LogP contribution in [-0.4, -0.2) is 28.2 Å². The van der Waals surface area contributed by atoms with Crippen LogP contribution in [0.4, 0.5) is 0 Å². The van der Waals surface area contributed by atoms with E-state index in [1.165, 1.54) is 12.1 Å². The van der Waals surface area contributed by atoms with Gasteiger partial charge in [0.1, 0.15) is 0 Å². The minimum absolute atomic E-state index is 0.0655. The number of benzene rings is 1. The Kier molecular flexibility index (Phi) is 7.03. The van der Waals surface area contributed by atoms with Crippen LogP contribution < -0.4 is 0 Å². The van der Waals surface area contributed by atoms with Gasteiger partial charge in [0.25, 0.3) is 10.1 Å². The lowest BCUT2D eigenvalue weighted by Gasteiger charge is -2.17. The second-order valence-electron chi connectivity index (χ2n) is 4.11. The molecule has 1 rings (SSSR count). The Morgan fingerprint density at radius 1 is 0.952 bits per heavy atom. The second-order valence-corrected chi connectivity index (χ2v) is 7.78. The van der Waals surface area contributed by atoms with Crippen LogP contribution in [0, 0.1) is 0 Å². The SMILES string of the molecule is CCOP(=O)(Cc1ccc(S(=O)(=O)OCC)cc1)OCC. The first-order chi connectivity index (χ1) is 9.87. The Hall–Kier alpha value is -0.720. The Morgan fingerprint density at radius 2 is 1.48 bits per heavy atom. The molecule has 0 aliphatic heterocycles. The molecule has 0 N–H and O–H groups in total. The van der Waals surface area contributed by atoms with Crippen LogP contribution in [0.2, 0.25) is 0 Å². The van der Waals surface area contributed by atoms with Crippen molar-refractivity contribution < 1.29 is 26.2 Å². The van der Waals surface area contributed by atoms with Crippen LogP contribution >= 0.6 is 7.60 Å². The molecule has 0 spiro atoms. The third kappa shape index (κ3) is 5.52. The normalized spacial score (nSPS) is 12.5. The van der Waals surface area contributed by atoms with E-state index in [2.05, 4.69) is 0 Å². The zero-order chi connectivity index (χ0) is 15.9. The number of hydrogen-bond acceptors (Lipinski definition) is 6. The molecule has 1 aromatic carbocycles. The zero-order valence-electron chi connectivity index (χ0n) is 12.4. The van der Waals surface area contributed by atoms with Gasteiger partial charge in [-0.2, -0.15) is 8.42 Å². The van der Waals surface area contributed by atoms with E-state index in [0.29, 0.717) is 5.56 Å². The van der Waals surface area contributed by atoms with E-state index >= 15 is 0 Å². The van der Waals surface area contributed by atoms with Gasteiger partial charge in [0, 0.05) is 0 Å². The lowest BCUT2D eigenvalue weighted by Crippen LogP contribution is -2.06. The zero-order valence-corrected chi connectivity index (χ0v) is 14.2. The fourth-order valence-corrected chi connectivity index (χ4v) is 4.35. The maximum absolute atomic E-state index is 12.4. The van der Waals surface area contributed by atoms with Crippen LogP contribution in [0.1, 0.15) is 26.3 Å². The van der Waals surface area contributed by atoms with Gasteiger partial charge in [-0.3, -0.25) is 8.75 Å². The lowest BCUT2D eigenvalue weighted by molar-refractivity contribution is 0.219. The summed E-state index contributed by atoms with van der Waals surface area (Å²) in [7, 11) is -6.91. The topological polar surface area (TPSA) is 78.9 Å². The smallest absolute Gasteiger partial charge is 0.309 e. The molecule has 120 valence electrons. The van der Waals surface area contributed by atoms with Gasteiger partial charge in [0.15, 0.2) is 0 Å². The summed E-state index contributed by atoms with van der Waals surface area (Å²) in [5.74, 6) is 0. The van der Waals surface area contributed by atoms with E-state index in [-0.39, 0.29) is 30.9 Å². The van der Waals surface area contributed by atoms with Gasteiger partial charge in [-0.15, -0.1) is 0 Å². The average molecular weight is 336 g/mol. The van der Waals surface area contributed by atoms with E-state index in [9.17, 15) is 13.0 Å². The van der Waals surface area contributed by atoms with Gasteiger partial charge in [-0.1, -0.05) is 12.1 Å². The molecule has 0 fully saturated rings. The van der Waals surface area contributed by atoms with Gasteiger partial charge in [-0.05, 0) is 38.5 Å². The Labute approximate surface area is 126 Å². The molecule has 0 saturated carbocycles. The van der Waals surface area contributed by atoms with Gasteiger partial charge < -0.3 is 9.05 Å². The second kappa shape index (κ2) is 8.06. The first-order valence-electron chi connectivity index (χ1n) is 6.73. The van der Waals surface area contributed by atoms with Crippen molar-refractivity contribution in [2.75, 3.05) is 19.8 Å². The lowest BCUT2D eigenvalue weighted by atomic mass is 10.2. The van der Waals surface area contributed by atoms with E-state index in [1.807, 2.05) is 0 Å². The van der Waals surface area contributed by atoms with E-state index in [1.54, 1.807) is 32.9 Å². The highest BCUT2D eigenvalue weighted by Crippen LogP contribution is 2.51. The summed E-state index contributed by atoms with van der Waals surface area (Å²) in [6.07, 6.45) is 0.101. The number of hydrogen-bond donors (Lipinski definition) is 0. The van der Waals surface area contributed by atoms with Crippen molar-refractivity contribution in [1.82, 2.24) is 0 Å². The molecule has 6 nitrogen and oxygen atoms in total. The molecule has 0 unspecified atom stereocenters. The van der Waals surface area contributed by atoms with Gasteiger partial charge in [0.2, 0.25) is 0 Å². The maximum atomic E-state index is 12.4. The minimum atomic E-state index is -3.72. The van der Waals surface area contributed by atoms with Crippen molar-refractivity contribution in [3.05, 3.63) is 29.8 Å². The maximum Gasteiger partial charge on any atom is 0.335 e. The summed E-state index contributed by atoms with van der Waals surface area (Å²) in [6, 6.07) is 6.00. The molecular formula is C13H21O6PS. The molecule has 0 radical (unpaired) electrons. The monoisotopic (exact) mass is 336 g/mol. The molecule has 0 aliphatic rings. The van der Waals surface area contributed by atoms with Crippen molar-refractivity contribution in [3.8, 4) is 0 Å². The molecule has 0 saturated heterocycles. The van der Waals surface area contributed by atoms with Gasteiger partial charge in [0.05, 0.1) is 30.9 Å². The summed E-state index contributed by atoms with van der Waals surface area (Å²) in [6.45, 7) is 5.73. The van der Waals surface area contributed by atoms with Crippen molar-refractivity contribution in [3.63, 3.8) is 0 Å². The van der Waals surface area contributed by atoms with Crippen molar-refractivity contribution in [2.24, 2.45) is 0 Å². The summed E-state index contributed by atoms with van der Waals surface area (Å²) < 4.78 is 50.9. The summed E-state index contributed by atoms with van der Waals surface area (Å²) in [4.78, 5) is 0.0655. The fraction of sp³-hybridized carbons (Fsp3) is 0.538. The molecule has 0 atom stereocenters. The average Bonchev–Trinajstić information content (AvgIpc) is 2.39. The molecule has 1 aromatic rings. The third-order valence-electron chi connectivity index (χ3n) is 2.51. The van der Waals surface area contributed by atoms with E-state index in [0.717, 1.165) is 0 Å². The highest BCUT2D eigenvalue weighted by Gasteiger charge is 2.24. The number of rotatable bonds is 9. The van der Waals surface area contributed by atoms with Crippen molar-refractivity contribution >= 4 is 17.7 Å². The van der Waals surface area contributed by atoms with E-state index in [4.69, 9.17) is 13.2 Å². The molecule has 0 bridgehead atoms. The fourth-order valence-electron chi connectivity index (χ4n) is 1.73. The standard InChI is InChI=1S/C13H21O6PS/c1-4-17-20(14,18-5-2)11-12-7-9-13(10-8-12)21(15,16)19-6-3/h7-10H,4-6,11H2,1-3H3. The van der Waals surface area contributed by atoms with Crippen LogP contribution in [-0.2, 0) is 34.1 Å². The van der Waals surface area contributed by atoms with Crippen molar-refractivity contribution in [1.29, 1.82) is 0 Å². The summed E-state index contributed by atoms with van der Waals surface area (Å²) in [5, 5.41) is 0. The van der Waals surface area contributed by atoms with Crippen LogP contribution in [0.25, 0.3) is 0 Å². The first-order valence-corrected chi connectivity index (χ1v) is 9.87. The van der Waals surface area contributed by atoms with Gasteiger partial charge >= 0.3 is 7.60 Å². The van der Waals surface area contributed by atoms with E-state index < -0.39 is 17.7 Å². The highest BCUT2D eigenvalue weighted by molar-refractivity contribution is 7.86. The molecule has 0 amide bonds. The van der Waals surface area contributed by atoms with Crippen LogP contribution in [0.15, 0.2) is 29.2 Å². The quantitative estimate of drug-likeness (QED) is 0.509. The molecule has 0 heterocycles. The predicted molar refractivity (Wildman–Crippen MR) is 79.8 cm³/mol. The van der Waals surface area contributed by atoms with Gasteiger partial charge in [-0.25, -0.2) is 0 Å². The summed E-state index contributed by atoms with van der Waals surface area (Å²) >= 11 is 0. The molecule has 0 aliphatic carbocycles. The third-order valence-corrected chi connectivity index (χ3v) is 5.96. The summed E-state index contributed by atoms with van der Waals surface area (Å²) in [5.41, 5.74) is 0.677. The highest BCUT2D eigenvalue weighted by atomic mass is 32.2. The minimum Gasteiger partial charge on any atom is -0.309 e. The van der Waals surface area contributed by atoms with Crippen molar-refractivity contribution in [2.45, 2.75) is 31.8 Å². The largest absolute Gasteiger partial charge is 0.335 e. The molecular weight excluding hydrogens is 315 g/mol. The van der Waals surface area contributed by atoms with Crippen LogP contribution in [0.5, 0.6) is 0 Å². The molecule has 8 heteroatoms. The molecule has 0 aromatic heterocycles. The Bertz CT molecular complexity index is 571. The Balaban J connectivity index is 2.90. The Morgan fingerprint density at radius 3 is 1.90 bits per heavy atom. The molecule has 21 heavy (non-hydrogen) atoms. The first kappa shape index (κ1) is 18.3. The predicted octanol–water partition coefficient (Wildman–Crippen LogP) is 3.18.